The molecular weight excluding hydrogens is 454 g/mol. The molecule has 6 heteroatoms. The van der Waals surface area contributed by atoms with Gasteiger partial charge in [0.15, 0.2) is 5.58 Å². The van der Waals surface area contributed by atoms with Crippen molar-refractivity contribution in [2.45, 2.75) is 0 Å². The van der Waals surface area contributed by atoms with Crippen LogP contribution in [0.15, 0.2) is 105 Å². The molecule has 0 spiro atoms. The van der Waals surface area contributed by atoms with Gasteiger partial charge in [-0.2, -0.15) is 0 Å². The van der Waals surface area contributed by atoms with Crippen LogP contribution < -0.4 is 11.2 Å². The first-order chi connectivity index (χ1) is 17.6. The van der Waals surface area contributed by atoms with Gasteiger partial charge in [0, 0.05) is 10.8 Å². The fourth-order valence-corrected chi connectivity index (χ4v) is 5.26. The minimum atomic E-state index is -0.740. The summed E-state index contributed by atoms with van der Waals surface area (Å²) in [6.07, 6.45) is 0. The minimum Gasteiger partial charge on any atom is -0.506 e. The van der Waals surface area contributed by atoms with E-state index >= 15 is 0 Å². The van der Waals surface area contributed by atoms with E-state index in [1.807, 2.05) is 36.4 Å². The van der Waals surface area contributed by atoms with Crippen LogP contribution in [0, 0.1) is 0 Å². The van der Waals surface area contributed by atoms with Crippen LogP contribution in [-0.2, 0) is 0 Å². The summed E-state index contributed by atoms with van der Waals surface area (Å²) in [4.78, 5) is 27.0. The molecule has 3 heterocycles. The van der Waals surface area contributed by atoms with E-state index in [0.717, 1.165) is 5.39 Å². The predicted octanol–water partition coefficient (Wildman–Crippen LogP) is 5.90. The van der Waals surface area contributed by atoms with Crippen molar-refractivity contribution < 1.29 is 14.6 Å². The van der Waals surface area contributed by atoms with Gasteiger partial charge >= 0.3 is 5.63 Å². The van der Waals surface area contributed by atoms with Crippen LogP contribution >= 0.6 is 0 Å². The lowest BCUT2D eigenvalue weighted by Gasteiger charge is -2.13. The van der Waals surface area contributed by atoms with Gasteiger partial charge in [-0.3, -0.25) is 9.20 Å². The van der Waals surface area contributed by atoms with Crippen LogP contribution in [0.2, 0.25) is 0 Å². The topological polar surface area (TPSA) is 92.2 Å². The highest BCUT2D eigenvalue weighted by Gasteiger charge is 2.27. The second kappa shape index (κ2) is 7.20. The Morgan fingerprint density at radius 2 is 1.25 bits per heavy atom. The normalized spacial score (nSPS) is 11.8. The first kappa shape index (κ1) is 20.3. The van der Waals surface area contributed by atoms with E-state index in [1.54, 1.807) is 59.0 Å². The largest absolute Gasteiger partial charge is 0.506 e. The first-order valence-electron chi connectivity index (χ1n) is 11.4. The lowest BCUT2D eigenvalue weighted by molar-refractivity contribution is 0.470. The SMILES string of the molecule is O=c1oc2c(cc3c4ccccc4n4c(=O)c(-c5ccccc5)c(O)c2c34)c(O)c1-c1ccccc1. The summed E-state index contributed by atoms with van der Waals surface area (Å²) in [6.45, 7) is 0. The molecule has 2 N–H and O–H groups in total. The molecule has 0 saturated heterocycles. The number of hydrogen-bond donors (Lipinski definition) is 2. The number of benzene rings is 4. The Bertz CT molecular complexity index is 2090. The van der Waals surface area contributed by atoms with Crippen molar-refractivity contribution in [1.29, 1.82) is 0 Å². The summed E-state index contributed by atoms with van der Waals surface area (Å²) in [6, 6.07) is 26.8. The fourth-order valence-electron chi connectivity index (χ4n) is 5.26. The minimum absolute atomic E-state index is 0.0205. The molecule has 3 aromatic heterocycles. The van der Waals surface area contributed by atoms with Crippen LogP contribution in [0.25, 0.3) is 60.4 Å². The van der Waals surface area contributed by atoms with Gasteiger partial charge < -0.3 is 14.6 Å². The van der Waals surface area contributed by atoms with Crippen LogP contribution in [0.4, 0.5) is 0 Å². The van der Waals surface area contributed by atoms with Crippen molar-refractivity contribution in [2.24, 2.45) is 0 Å². The van der Waals surface area contributed by atoms with Gasteiger partial charge in [-0.1, -0.05) is 78.9 Å². The van der Waals surface area contributed by atoms with Crippen LogP contribution in [0.1, 0.15) is 0 Å². The fraction of sp³-hybridized carbons (Fsp3) is 0. The number of rotatable bonds is 2. The Labute approximate surface area is 202 Å². The number of fused-ring (bicyclic) bond motifs is 5. The van der Waals surface area contributed by atoms with Crippen molar-refractivity contribution >= 4 is 38.2 Å². The van der Waals surface area contributed by atoms with E-state index < -0.39 is 5.63 Å². The Balaban J connectivity index is 1.78. The van der Waals surface area contributed by atoms with Gasteiger partial charge in [-0.15, -0.1) is 0 Å². The molecule has 0 fully saturated rings. The molecule has 0 saturated carbocycles. The molecule has 0 aliphatic rings. The number of aromatic nitrogens is 1. The second-order valence-electron chi connectivity index (χ2n) is 8.75. The third-order valence-electron chi connectivity index (χ3n) is 6.82. The zero-order chi connectivity index (χ0) is 24.6. The first-order valence-corrected chi connectivity index (χ1v) is 11.4. The molecule has 6 nitrogen and oxygen atoms in total. The van der Waals surface area contributed by atoms with E-state index in [9.17, 15) is 19.8 Å². The maximum atomic E-state index is 13.8. The van der Waals surface area contributed by atoms with Crippen LogP contribution in [-0.4, -0.2) is 14.6 Å². The van der Waals surface area contributed by atoms with Gasteiger partial charge in [0.2, 0.25) is 0 Å². The molecule has 0 atom stereocenters. The predicted molar refractivity (Wildman–Crippen MR) is 140 cm³/mol. The standard InChI is InChI=1S/C30H17NO5/c32-26-20-15-19-18-13-7-8-14-21(18)31-25(19)24(27(33)22(29(31)34)16-9-3-1-4-10-16)28(20)36-30(35)23(26)17-11-5-2-6-12-17/h1-15,32-33H. The highest BCUT2D eigenvalue weighted by Crippen LogP contribution is 2.45. The zero-order valence-electron chi connectivity index (χ0n) is 18.7. The lowest BCUT2D eigenvalue weighted by atomic mass is 9.98. The Morgan fingerprint density at radius 3 is 1.94 bits per heavy atom. The molecule has 0 amide bonds. The number of para-hydroxylation sites is 1. The molecule has 4 aromatic carbocycles. The number of hydrogen-bond acceptors (Lipinski definition) is 5. The highest BCUT2D eigenvalue weighted by molar-refractivity contribution is 6.24. The lowest BCUT2D eigenvalue weighted by Crippen LogP contribution is -2.15. The summed E-state index contributed by atoms with van der Waals surface area (Å²) in [5.41, 5.74) is 1.15. The van der Waals surface area contributed by atoms with E-state index in [4.69, 9.17) is 4.42 Å². The van der Waals surface area contributed by atoms with Gasteiger partial charge in [0.1, 0.15) is 17.1 Å². The van der Waals surface area contributed by atoms with E-state index in [-0.39, 0.29) is 44.5 Å². The summed E-state index contributed by atoms with van der Waals surface area (Å²) in [5.74, 6) is -0.541. The second-order valence-corrected chi connectivity index (χ2v) is 8.75. The highest BCUT2D eigenvalue weighted by atomic mass is 16.4. The summed E-state index contributed by atoms with van der Waals surface area (Å²) >= 11 is 0. The molecule has 36 heavy (non-hydrogen) atoms. The monoisotopic (exact) mass is 471 g/mol. The van der Waals surface area contributed by atoms with Crippen molar-refractivity contribution in [3.63, 3.8) is 0 Å². The average Bonchev–Trinajstić information content (AvgIpc) is 3.23. The van der Waals surface area contributed by atoms with Gasteiger partial charge in [0.25, 0.3) is 5.56 Å². The summed E-state index contributed by atoms with van der Waals surface area (Å²) in [7, 11) is 0. The summed E-state index contributed by atoms with van der Waals surface area (Å²) < 4.78 is 7.34. The van der Waals surface area contributed by atoms with E-state index in [2.05, 4.69) is 0 Å². The number of nitrogens with zero attached hydrogens (tertiary/aromatic N) is 1. The smallest absolute Gasteiger partial charge is 0.348 e. The molecule has 0 radical (unpaired) electrons. The van der Waals surface area contributed by atoms with Crippen LogP contribution in [0.5, 0.6) is 11.5 Å². The zero-order valence-corrected chi connectivity index (χ0v) is 18.7. The average molecular weight is 471 g/mol. The summed E-state index contributed by atoms with van der Waals surface area (Å²) in [5, 5.41) is 24.8. The number of aromatic hydroxyl groups is 2. The quantitative estimate of drug-likeness (QED) is 0.242. The van der Waals surface area contributed by atoms with Gasteiger partial charge in [0.05, 0.1) is 27.4 Å². The third kappa shape index (κ3) is 2.55. The molecular formula is C30H17NO5. The van der Waals surface area contributed by atoms with Crippen molar-refractivity contribution in [1.82, 2.24) is 4.40 Å². The molecule has 7 aromatic rings. The third-order valence-corrected chi connectivity index (χ3v) is 6.82. The molecule has 0 aliphatic heterocycles. The number of pyridine rings is 1. The Hall–Kier alpha value is -5.10. The Morgan fingerprint density at radius 1 is 0.639 bits per heavy atom. The Kier molecular flexibility index (Phi) is 4.06. The molecule has 0 aliphatic carbocycles. The molecule has 7 rings (SSSR count). The van der Waals surface area contributed by atoms with Crippen LogP contribution in [0.3, 0.4) is 0 Å². The van der Waals surface area contributed by atoms with Crippen molar-refractivity contribution in [3.8, 4) is 33.8 Å². The van der Waals surface area contributed by atoms with Gasteiger partial charge in [-0.05, 0) is 23.3 Å². The maximum Gasteiger partial charge on any atom is 0.348 e. The maximum absolute atomic E-state index is 13.8. The van der Waals surface area contributed by atoms with Crippen molar-refractivity contribution in [2.75, 3.05) is 0 Å². The molecule has 0 bridgehead atoms. The molecule has 172 valence electrons. The van der Waals surface area contributed by atoms with E-state index in [1.165, 1.54) is 0 Å². The van der Waals surface area contributed by atoms with Crippen molar-refractivity contribution in [3.05, 3.63) is 112 Å². The van der Waals surface area contributed by atoms with Gasteiger partial charge in [-0.25, -0.2) is 4.79 Å². The molecule has 0 unspecified atom stereocenters. The van der Waals surface area contributed by atoms with E-state index in [0.29, 0.717) is 27.5 Å².